The van der Waals surface area contributed by atoms with Crippen molar-refractivity contribution in [3.63, 3.8) is 0 Å². The van der Waals surface area contributed by atoms with E-state index in [9.17, 15) is 10.1 Å². The molecule has 0 amide bonds. The van der Waals surface area contributed by atoms with Crippen molar-refractivity contribution < 1.29 is 4.92 Å². The molecule has 0 aliphatic carbocycles. The number of nitrogens with zero attached hydrogens (tertiary/aromatic N) is 5. The van der Waals surface area contributed by atoms with Crippen molar-refractivity contribution in [3.05, 3.63) is 81.4 Å². The van der Waals surface area contributed by atoms with Crippen LogP contribution in [0.15, 0.2) is 53.5 Å². The molecule has 2 aromatic carbocycles. The highest BCUT2D eigenvalue weighted by molar-refractivity contribution is 6.15. The molecule has 0 saturated carbocycles. The molecule has 7 nitrogen and oxygen atoms in total. The lowest BCUT2D eigenvalue weighted by Crippen LogP contribution is -2.09. The van der Waals surface area contributed by atoms with Crippen LogP contribution >= 0.6 is 0 Å². The first kappa shape index (κ1) is 14.3. The van der Waals surface area contributed by atoms with Crippen molar-refractivity contribution >= 4 is 11.4 Å². The summed E-state index contributed by atoms with van der Waals surface area (Å²) in [7, 11) is 0. The van der Waals surface area contributed by atoms with Gasteiger partial charge >= 0.3 is 0 Å². The maximum Gasteiger partial charge on any atom is 0.270 e. The third kappa shape index (κ3) is 2.18. The fourth-order valence-corrected chi connectivity index (χ4v) is 2.92. The second-order valence-electron chi connectivity index (χ2n) is 5.49. The Balaban J connectivity index is 2.01. The van der Waals surface area contributed by atoms with Crippen LogP contribution in [-0.4, -0.2) is 25.4 Å². The Hall–Kier alpha value is -3.35. The lowest BCUT2D eigenvalue weighted by Gasteiger charge is -2.12. The molecule has 4 rings (SSSR count). The van der Waals surface area contributed by atoms with E-state index in [0.717, 1.165) is 22.8 Å². The summed E-state index contributed by atoms with van der Waals surface area (Å²) in [6.45, 7) is 2.22. The molecule has 2 heterocycles. The Morgan fingerprint density at radius 2 is 1.92 bits per heavy atom. The first-order valence-electron chi connectivity index (χ1n) is 7.45. The minimum atomic E-state index is -0.395. The van der Waals surface area contributed by atoms with Gasteiger partial charge in [0.2, 0.25) is 0 Å². The highest BCUT2D eigenvalue weighted by Gasteiger charge is 2.23. The standard InChI is InChI=1S/C17H13N5O2/c1-11-19-20-16-10-18-17(12-5-3-2-4-6-12)14-9-13(22(23)24)7-8-15(14)21(11)16/h2-9H,10H2,1H3. The van der Waals surface area contributed by atoms with E-state index in [2.05, 4.69) is 15.2 Å². The Kier molecular flexibility index (Phi) is 3.19. The monoisotopic (exact) mass is 319 g/mol. The van der Waals surface area contributed by atoms with Crippen molar-refractivity contribution in [2.75, 3.05) is 0 Å². The summed E-state index contributed by atoms with van der Waals surface area (Å²) < 4.78 is 1.90. The molecule has 0 fully saturated rings. The fraction of sp³-hybridized carbons (Fsp3) is 0.118. The van der Waals surface area contributed by atoms with Crippen LogP contribution in [0.2, 0.25) is 0 Å². The van der Waals surface area contributed by atoms with Crippen molar-refractivity contribution in [1.82, 2.24) is 14.8 Å². The Bertz CT molecular complexity index is 976. The van der Waals surface area contributed by atoms with E-state index in [1.165, 1.54) is 6.07 Å². The third-order valence-electron chi connectivity index (χ3n) is 4.00. The zero-order valence-electron chi connectivity index (χ0n) is 12.9. The minimum absolute atomic E-state index is 0.0339. The minimum Gasteiger partial charge on any atom is -0.281 e. The highest BCUT2D eigenvalue weighted by Crippen LogP contribution is 2.28. The first-order valence-corrected chi connectivity index (χ1v) is 7.45. The molecule has 0 radical (unpaired) electrons. The number of fused-ring (bicyclic) bond motifs is 3. The lowest BCUT2D eigenvalue weighted by atomic mass is 10.00. The van der Waals surface area contributed by atoms with Crippen LogP contribution in [0.5, 0.6) is 0 Å². The van der Waals surface area contributed by atoms with Crippen LogP contribution in [0.25, 0.3) is 5.69 Å². The van der Waals surface area contributed by atoms with Gasteiger partial charge in [-0.05, 0) is 13.0 Å². The van der Waals surface area contributed by atoms with Gasteiger partial charge in [-0.1, -0.05) is 30.3 Å². The van der Waals surface area contributed by atoms with E-state index in [1.807, 2.05) is 41.8 Å². The first-order chi connectivity index (χ1) is 11.6. The van der Waals surface area contributed by atoms with Gasteiger partial charge in [0.05, 0.1) is 16.3 Å². The van der Waals surface area contributed by atoms with Gasteiger partial charge in [0, 0.05) is 23.3 Å². The van der Waals surface area contributed by atoms with Crippen LogP contribution < -0.4 is 0 Å². The lowest BCUT2D eigenvalue weighted by molar-refractivity contribution is -0.384. The van der Waals surface area contributed by atoms with Gasteiger partial charge in [-0.3, -0.25) is 19.7 Å². The molecule has 7 heteroatoms. The van der Waals surface area contributed by atoms with Crippen LogP contribution in [0.4, 0.5) is 5.69 Å². The number of hydrogen-bond donors (Lipinski definition) is 0. The number of aliphatic imine (C=N–C) groups is 1. The third-order valence-corrected chi connectivity index (χ3v) is 4.00. The summed E-state index contributed by atoms with van der Waals surface area (Å²) in [6, 6.07) is 14.5. The van der Waals surface area contributed by atoms with Crippen LogP contribution in [-0.2, 0) is 6.54 Å². The van der Waals surface area contributed by atoms with Crippen molar-refractivity contribution in [1.29, 1.82) is 0 Å². The molecule has 118 valence electrons. The molecule has 1 aromatic heterocycles. The fourth-order valence-electron chi connectivity index (χ4n) is 2.92. The van der Waals surface area contributed by atoms with E-state index in [4.69, 9.17) is 0 Å². The molecule has 1 aliphatic heterocycles. The Morgan fingerprint density at radius 1 is 1.12 bits per heavy atom. The molecule has 1 aliphatic rings. The quantitative estimate of drug-likeness (QED) is 0.537. The van der Waals surface area contributed by atoms with E-state index >= 15 is 0 Å². The van der Waals surface area contributed by atoms with Gasteiger partial charge in [0.1, 0.15) is 12.4 Å². The zero-order valence-corrected chi connectivity index (χ0v) is 12.9. The normalized spacial score (nSPS) is 12.8. The van der Waals surface area contributed by atoms with E-state index in [1.54, 1.807) is 12.1 Å². The van der Waals surface area contributed by atoms with Gasteiger partial charge < -0.3 is 0 Å². The second-order valence-corrected chi connectivity index (χ2v) is 5.49. The number of aryl methyl sites for hydroxylation is 1. The van der Waals surface area contributed by atoms with Crippen molar-refractivity contribution in [2.24, 2.45) is 4.99 Å². The highest BCUT2D eigenvalue weighted by atomic mass is 16.6. The number of nitro groups is 1. The SMILES string of the molecule is Cc1nnc2n1-c1ccc([N+](=O)[O-])cc1C(c1ccccc1)=NC2. The number of benzene rings is 2. The summed E-state index contributed by atoms with van der Waals surface area (Å²) in [5, 5.41) is 19.5. The molecular weight excluding hydrogens is 306 g/mol. The van der Waals surface area contributed by atoms with E-state index in [0.29, 0.717) is 17.9 Å². The molecular formula is C17H13N5O2. The Labute approximate surface area is 137 Å². The molecule has 24 heavy (non-hydrogen) atoms. The van der Waals surface area contributed by atoms with Crippen molar-refractivity contribution in [2.45, 2.75) is 13.5 Å². The molecule has 0 saturated heterocycles. The number of hydrogen-bond acceptors (Lipinski definition) is 5. The van der Waals surface area contributed by atoms with Crippen LogP contribution in [0.3, 0.4) is 0 Å². The zero-order chi connectivity index (χ0) is 16.7. The van der Waals surface area contributed by atoms with E-state index < -0.39 is 4.92 Å². The Morgan fingerprint density at radius 3 is 2.67 bits per heavy atom. The summed E-state index contributed by atoms with van der Waals surface area (Å²) in [4.78, 5) is 15.5. The maximum absolute atomic E-state index is 11.2. The van der Waals surface area contributed by atoms with Gasteiger partial charge in [-0.15, -0.1) is 10.2 Å². The van der Waals surface area contributed by atoms with Gasteiger partial charge in [-0.2, -0.15) is 0 Å². The predicted molar refractivity (Wildman–Crippen MR) is 88.5 cm³/mol. The van der Waals surface area contributed by atoms with E-state index in [-0.39, 0.29) is 5.69 Å². The van der Waals surface area contributed by atoms with Gasteiger partial charge in [0.25, 0.3) is 5.69 Å². The smallest absolute Gasteiger partial charge is 0.270 e. The molecule has 0 unspecified atom stereocenters. The summed E-state index contributed by atoms with van der Waals surface area (Å²) in [6.07, 6.45) is 0. The molecule has 0 bridgehead atoms. The topological polar surface area (TPSA) is 86.2 Å². The van der Waals surface area contributed by atoms with Crippen LogP contribution in [0.1, 0.15) is 22.8 Å². The predicted octanol–water partition coefficient (Wildman–Crippen LogP) is 2.83. The van der Waals surface area contributed by atoms with Crippen LogP contribution in [0, 0.1) is 17.0 Å². The average molecular weight is 319 g/mol. The second kappa shape index (κ2) is 5.38. The number of nitro benzene ring substituents is 1. The summed E-state index contributed by atoms with van der Waals surface area (Å²) in [5.74, 6) is 1.44. The summed E-state index contributed by atoms with van der Waals surface area (Å²) in [5.41, 5.74) is 3.18. The molecule has 3 aromatic rings. The molecule has 0 spiro atoms. The van der Waals surface area contributed by atoms with Gasteiger partial charge in [0.15, 0.2) is 5.82 Å². The summed E-state index contributed by atoms with van der Waals surface area (Å²) >= 11 is 0. The number of aromatic nitrogens is 3. The maximum atomic E-state index is 11.2. The number of non-ortho nitro benzene ring substituents is 1. The van der Waals surface area contributed by atoms with Crippen molar-refractivity contribution in [3.8, 4) is 5.69 Å². The van der Waals surface area contributed by atoms with Gasteiger partial charge in [-0.25, -0.2) is 0 Å². The molecule has 0 atom stereocenters. The largest absolute Gasteiger partial charge is 0.281 e. The number of rotatable bonds is 2. The molecule has 0 N–H and O–H groups in total. The average Bonchev–Trinajstić information content (AvgIpc) is 2.87.